The lowest BCUT2D eigenvalue weighted by Crippen LogP contribution is -1.79. The fourth-order valence-corrected chi connectivity index (χ4v) is 3.49. The molecule has 2 heteroatoms. The Bertz CT molecular complexity index is 1050. The molecule has 0 spiro atoms. The zero-order chi connectivity index (χ0) is 14.0. The summed E-state index contributed by atoms with van der Waals surface area (Å²) in [5.41, 5.74) is 6.15. The summed E-state index contributed by atoms with van der Waals surface area (Å²) in [6.45, 7) is 2.19. The second kappa shape index (κ2) is 3.67. The topological polar surface area (TPSA) is 31.6 Å². The van der Waals surface area contributed by atoms with Gasteiger partial charge in [0.25, 0.3) is 0 Å². The van der Waals surface area contributed by atoms with Gasteiger partial charge in [-0.25, -0.2) is 0 Å². The molecule has 5 rings (SSSR count). The summed E-state index contributed by atoms with van der Waals surface area (Å²) in [5.74, 6) is 0. The van der Waals surface area contributed by atoms with E-state index in [1.165, 1.54) is 49.2 Å². The Kier molecular flexibility index (Phi) is 1.92. The molecular weight excluding hydrogens is 256 g/mol. The Hall–Kier alpha value is -2.74. The summed E-state index contributed by atoms with van der Waals surface area (Å²) in [6, 6.07) is 19.3. The molecule has 0 aliphatic heterocycles. The van der Waals surface area contributed by atoms with Crippen molar-refractivity contribution in [3.63, 3.8) is 0 Å². The first-order valence-corrected chi connectivity index (χ1v) is 7.23. The number of rotatable bonds is 0. The zero-order valence-corrected chi connectivity index (χ0v) is 11.7. The Morgan fingerprint density at radius 2 is 1.10 bits per heavy atom. The normalized spacial score (nSPS) is 12.0. The molecule has 0 aliphatic carbocycles. The van der Waals surface area contributed by atoms with Crippen molar-refractivity contribution in [2.45, 2.75) is 6.92 Å². The summed E-state index contributed by atoms with van der Waals surface area (Å²) in [7, 11) is 0. The van der Waals surface area contributed by atoms with E-state index in [-0.39, 0.29) is 0 Å². The molecule has 0 amide bonds. The first-order valence-electron chi connectivity index (χ1n) is 7.23. The van der Waals surface area contributed by atoms with Crippen LogP contribution >= 0.6 is 0 Å². The number of nitrogens with one attached hydrogen (secondary N) is 2. The zero-order valence-electron chi connectivity index (χ0n) is 11.7. The van der Waals surface area contributed by atoms with Gasteiger partial charge in [-0.1, -0.05) is 36.4 Å². The Morgan fingerprint density at radius 1 is 0.619 bits per heavy atom. The van der Waals surface area contributed by atoms with E-state index < -0.39 is 0 Å². The first kappa shape index (κ1) is 11.0. The van der Waals surface area contributed by atoms with E-state index >= 15 is 0 Å². The summed E-state index contributed by atoms with van der Waals surface area (Å²) in [5, 5.41) is 5.20. The second-order valence-corrected chi connectivity index (χ2v) is 5.69. The third kappa shape index (κ3) is 1.32. The molecule has 2 N–H and O–H groups in total. The first-order chi connectivity index (χ1) is 10.3. The molecular formula is C19H14N2. The average molecular weight is 270 g/mol. The lowest BCUT2D eigenvalue weighted by Gasteiger charge is -2.00. The van der Waals surface area contributed by atoms with Gasteiger partial charge in [0.05, 0.1) is 11.0 Å². The van der Waals surface area contributed by atoms with Gasteiger partial charge in [0, 0.05) is 32.6 Å². The van der Waals surface area contributed by atoms with Crippen LogP contribution < -0.4 is 0 Å². The van der Waals surface area contributed by atoms with E-state index in [0.717, 1.165) is 0 Å². The van der Waals surface area contributed by atoms with E-state index in [1.807, 2.05) is 0 Å². The van der Waals surface area contributed by atoms with Crippen LogP contribution in [0.2, 0.25) is 0 Å². The fraction of sp³-hybridized carbons (Fsp3) is 0.0526. The highest BCUT2D eigenvalue weighted by atomic mass is 14.7. The second-order valence-electron chi connectivity index (χ2n) is 5.69. The monoisotopic (exact) mass is 270 g/mol. The maximum absolute atomic E-state index is 3.56. The van der Waals surface area contributed by atoms with Crippen LogP contribution in [0.3, 0.4) is 0 Å². The molecule has 0 atom stereocenters. The van der Waals surface area contributed by atoms with Crippen molar-refractivity contribution in [3.8, 4) is 0 Å². The number of fused-ring (bicyclic) bond motifs is 6. The van der Waals surface area contributed by atoms with Crippen LogP contribution in [0, 0.1) is 6.92 Å². The van der Waals surface area contributed by atoms with Gasteiger partial charge in [0.2, 0.25) is 0 Å². The SMILES string of the molecule is Cc1c2[nH]c3ccccc3c2cc2c1[nH]c1ccccc12. The minimum Gasteiger partial charge on any atom is -0.354 e. The van der Waals surface area contributed by atoms with Gasteiger partial charge in [-0.2, -0.15) is 0 Å². The van der Waals surface area contributed by atoms with E-state index in [4.69, 9.17) is 0 Å². The van der Waals surface area contributed by atoms with E-state index in [1.54, 1.807) is 0 Å². The predicted molar refractivity (Wildman–Crippen MR) is 89.9 cm³/mol. The van der Waals surface area contributed by atoms with Crippen molar-refractivity contribution >= 4 is 43.6 Å². The highest BCUT2D eigenvalue weighted by Crippen LogP contribution is 2.35. The number of benzene rings is 3. The Morgan fingerprint density at radius 3 is 1.62 bits per heavy atom. The van der Waals surface area contributed by atoms with E-state index in [9.17, 15) is 0 Å². The highest BCUT2D eigenvalue weighted by molar-refractivity contribution is 6.18. The van der Waals surface area contributed by atoms with Gasteiger partial charge < -0.3 is 9.97 Å². The van der Waals surface area contributed by atoms with Crippen LogP contribution in [0.15, 0.2) is 54.6 Å². The summed E-state index contributed by atoms with van der Waals surface area (Å²) < 4.78 is 0. The predicted octanol–water partition coefficient (Wildman–Crippen LogP) is 5.26. The standard InChI is InChI=1S/C19H14N2/c1-11-18-14(12-6-2-4-8-16(12)20-18)10-15-13-7-3-5-9-17(13)21-19(11)15/h2-10,20-21H,1H3. The third-order valence-electron chi connectivity index (χ3n) is 4.53. The van der Waals surface area contributed by atoms with Crippen LogP contribution in [0.4, 0.5) is 0 Å². The van der Waals surface area contributed by atoms with Crippen molar-refractivity contribution in [1.29, 1.82) is 0 Å². The molecule has 2 nitrogen and oxygen atoms in total. The van der Waals surface area contributed by atoms with Gasteiger partial charge in [0.1, 0.15) is 0 Å². The van der Waals surface area contributed by atoms with Gasteiger partial charge in [0.15, 0.2) is 0 Å². The molecule has 21 heavy (non-hydrogen) atoms. The molecule has 0 unspecified atom stereocenters. The molecule has 5 aromatic rings. The van der Waals surface area contributed by atoms with Crippen molar-refractivity contribution in [3.05, 3.63) is 60.2 Å². The average Bonchev–Trinajstić information content (AvgIpc) is 3.07. The van der Waals surface area contributed by atoms with E-state index in [0.29, 0.717) is 0 Å². The minimum absolute atomic E-state index is 1.20. The van der Waals surface area contributed by atoms with Crippen LogP contribution in [0.5, 0.6) is 0 Å². The van der Waals surface area contributed by atoms with Crippen molar-refractivity contribution in [1.82, 2.24) is 9.97 Å². The molecule has 2 heterocycles. The van der Waals surface area contributed by atoms with Crippen LogP contribution in [-0.2, 0) is 0 Å². The summed E-state index contributed by atoms with van der Waals surface area (Å²) in [6.07, 6.45) is 0. The van der Waals surface area contributed by atoms with Crippen LogP contribution in [0.25, 0.3) is 43.6 Å². The fourth-order valence-electron chi connectivity index (χ4n) is 3.49. The maximum atomic E-state index is 3.56. The van der Waals surface area contributed by atoms with E-state index in [2.05, 4.69) is 71.5 Å². The molecule has 3 aromatic carbocycles. The molecule has 0 bridgehead atoms. The van der Waals surface area contributed by atoms with Crippen molar-refractivity contribution in [2.75, 3.05) is 0 Å². The van der Waals surface area contributed by atoms with Crippen LogP contribution in [0.1, 0.15) is 5.56 Å². The van der Waals surface area contributed by atoms with Gasteiger partial charge >= 0.3 is 0 Å². The smallest absolute Gasteiger partial charge is 0.0515 e. The van der Waals surface area contributed by atoms with Crippen LogP contribution in [-0.4, -0.2) is 9.97 Å². The molecule has 0 saturated heterocycles. The Labute approximate surface area is 121 Å². The Balaban J connectivity index is 2.11. The van der Waals surface area contributed by atoms with Gasteiger partial charge in [-0.05, 0) is 30.7 Å². The summed E-state index contributed by atoms with van der Waals surface area (Å²) in [4.78, 5) is 7.13. The molecule has 0 saturated carbocycles. The third-order valence-corrected chi connectivity index (χ3v) is 4.53. The molecule has 0 radical (unpaired) electrons. The quantitative estimate of drug-likeness (QED) is 0.384. The van der Waals surface area contributed by atoms with Gasteiger partial charge in [-0.3, -0.25) is 0 Å². The minimum atomic E-state index is 1.20. The number of aromatic amines is 2. The lowest BCUT2D eigenvalue weighted by atomic mass is 10.0. The van der Waals surface area contributed by atoms with Crippen molar-refractivity contribution in [2.24, 2.45) is 0 Å². The number of aryl methyl sites for hydroxylation is 1. The number of aromatic nitrogens is 2. The molecule has 100 valence electrons. The maximum Gasteiger partial charge on any atom is 0.0515 e. The lowest BCUT2D eigenvalue weighted by molar-refractivity contribution is 1.44. The molecule has 0 aliphatic rings. The number of H-pyrrole nitrogens is 2. The summed E-state index contributed by atoms with van der Waals surface area (Å²) >= 11 is 0. The van der Waals surface area contributed by atoms with Gasteiger partial charge in [-0.15, -0.1) is 0 Å². The number of hydrogen-bond donors (Lipinski definition) is 2. The molecule has 0 fully saturated rings. The van der Waals surface area contributed by atoms with Crippen molar-refractivity contribution < 1.29 is 0 Å². The number of para-hydroxylation sites is 2. The number of hydrogen-bond acceptors (Lipinski definition) is 0. The largest absolute Gasteiger partial charge is 0.354 e. The molecule has 2 aromatic heterocycles. The highest BCUT2D eigenvalue weighted by Gasteiger charge is 2.12.